The predicted molar refractivity (Wildman–Crippen MR) is 92.4 cm³/mol. The molecule has 0 saturated heterocycles. The second kappa shape index (κ2) is 7.84. The Bertz CT molecular complexity index is 646. The van der Waals surface area contributed by atoms with Crippen LogP contribution in [0.4, 0.5) is 11.8 Å². The molecule has 5 N–H and O–H groups in total. The van der Waals surface area contributed by atoms with E-state index in [0.717, 1.165) is 41.5 Å². The molecule has 22 heavy (non-hydrogen) atoms. The Morgan fingerprint density at radius 3 is 2.36 bits per heavy atom. The number of phenols is 1. The number of aromatic hydroxyl groups is 1. The number of hydrogen-bond acceptors (Lipinski definition) is 5. The molecule has 2 rings (SSSR count). The fraction of sp³-hybridized carbons (Fsp3) is 0.375. The number of anilines is 2. The first-order valence-corrected chi connectivity index (χ1v) is 7.25. The van der Waals surface area contributed by atoms with Crippen LogP contribution in [0.25, 0.3) is 0 Å². The summed E-state index contributed by atoms with van der Waals surface area (Å²) in [6.07, 6.45) is 4.95. The maximum Gasteiger partial charge on any atom is 0.221 e. The van der Waals surface area contributed by atoms with Crippen LogP contribution in [-0.2, 0) is 19.3 Å². The molecule has 120 valence electrons. The van der Waals surface area contributed by atoms with E-state index in [1.807, 2.05) is 19.1 Å². The first kappa shape index (κ1) is 18.0. The molecule has 2 aromatic rings. The summed E-state index contributed by atoms with van der Waals surface area (Å²) in [5.74, 6) is 1.01. The van der Waals surface area contributed by atoms with E-state index in [2.05, 4.69) is 16.9 Å². The average Bonchev–Trinajstić information content (AvgIpc) is 2.45. The highest BCUT2D eigenvalue weighted by Crippen LogP contribution is 2.28. The highest BCUT2D eigenvalue weighted by molar-refractivity contribution is 5.85. The summed E-state index contributed by atoms with van der Waals surface area (Å²) in [7, 11) is 0. The van der Waals surface area contributed by atoms with Crippen LogP contribution in [0, 0.1) is 0 Å². The standard InChI is InChI=1S/C16H22N4O.ClH/c1-3-5-12-7-10(6-11(4-2)14(12)21)8-13-9-19-16(18)20-15(13)17;/h6-7,9,21H,3-5,8H2,1-2H3,(H4,17,18,19,20);1H. The van der Waals surface area contributed by atoms with E-state index in [0.29, 0.717) is 18.0 Å². The van der Waals surface area contributed by atoms with Gasteiger partial charge in [-0.1, -0.05) is 32.4 Å². The SMILES string of the molecule is CCCc1cc(Cc2cnc(N)nc2N)cc(CC)c1O.Cl. The van der Waals surface area contributed by atoms with E-state index in [1.165, 1.54) is 0 Å². The van der Waals surface area contributed by atoms with E-state index in [9.17, 15) is 5.11 Å². The van der Waals surface area contributed by atoms with Gasteiger partial charge in [0.2, 0.25) is 5.95 Å². The van der Waals surface area contributed by atoms with Crippen molar-refractivity contribution in [2.45, 2.75) is 39.5 Å². The number of aryl methyl sites for hydroxylation is 2. The van der Waals surface area contributed by atoms with Crippen molar-refractivity contribution in [3.05, 3.63) is 40.6 Å². The highest BCUT2D eigenvalue weighted by Gasteiger charge is 2.10. The number of hydrogen-bond donors (Lipinski definition) is 3. The summed E-state index contributed by atoms with van der Waals surface area (Å²) >= 11 is 0. The average molecular weight is 323 g/mol. The van der Waals surface area contributed by atoms with Crippen molar-refractivity contribution in [2.75, 3.05) is 11.5 Å². The van der Waals surface area contributed by atoms with Crippen molar-refractivity contribution in [1.29, 1.82) is 0 Å². The Morgan fingerprint density at radius 2 is 1.77 bits per heavy atom. The molecule has 0 spiro atoms. The molecule has 5 nitrogen and oxygen atoms in total. The van der Waals surface area contributed by atoms with E-state index >= 15 is 0 Å². The predicted octanol–water partition coefficient (Wildman–Crippen LogP) is 2.87. The number of aromatic nitrogens is 2. The minimum absolute atomic E-state index is 0. The summed E-state index contributed by atoms with van der Waals surface area (Å²) in [6.45, 7) is 4.14. The van der Waals surface area contributed by atoms with Gasteiger partial charge in [0.25, 0.3) is 0 Å². The van der Waals surface area contributed by atoms with Crippen LogP contribution < -0.4 is 11.5 Å². The van der Waals surface area contributed by atoms with Gasteiger partial charge >= 0.3 is 0 Å². The van der Waals surface area contributed by atoms with Crippen molar-refractivity contribution in [3.8, 4) is 5.75 Å². The third-order valence-corrected chi connectivity index (χ3v) is 3.54. The second-order valence-electron chi connectivity index (χ2n) is 5.18. The smallest absolute Gasteiger partial charge is 0.221 e. The Kier molecular flexibility index (Phi) is 6.43. The van der Waals surface area contributed by atoms with Crippen LogP contribution in [0.5, 0.6) is 5.75 Å². The van der Waals surface area contributed by atoms with Crippen molar-refractivity contribution in [2.24, 2.45) is 0 Å². The van der Waals surface area contributed by atoms with Crippen molar-refractivity contribution in [1.82, 2.24) is 9.97 Å². The minimum atomic E-state index is 0. The number of rotatable bonds is 5. The normalized spacial score (nSPS) is 10.3. The number of nitrogens with zero attached hydrogens (tertiary/aromatic N) is 2. The van der Waals surface area contributed by atoms with Crippen molar-refractivity contribution in [3.63, 3.8) is 0 Å². The molecule has 1 aromatic heterocycles. The minimum Gasteiger partial charge on any atom is -0.507 e. The molecule has 0 saturated carbocycles. The molecule has 0 bridgehead atoms. The fourth-order valence-corrected chi connectivity index (χ4v) is 2.45. The Labute approximate surface area is 137 Å². The zero-order valence-electron chi connectivity index (χ0n) is 13.0. The zero-order chi connectivity index (χ0) is 15.4. The Morgan fingerprint density at radius 1 is 1.09 bits per heavy atom. The third-order valence-electron chi connectivity index (χ3n) is 3.54. The molecule has 0 atom stereocenters. The topological polar surface area (TPSA) is 98.0 Å². The van der Waals surface area contributed by atoms with Gasteiger partial charge in [-0.2, -0.15) is 4.98 Å². The summed E-state index contributed by atoms with van der Waals surface area (Å²) in [4.78, 5) is 7.98. The molecule has 0 aliphatic carbocycles. The molecule has 0 amide bonds. The second-order valence-corrected chi connectivity index (χ2v) is 5.18. The monoisotopic (exact) mass is 322 g/mol. The van der Waals surface area contributed by atoms with Crippen LogP contribution >= 0.6 is 12.4 Å². The van der Waals surface area contributed by atoms with Gasteiger partial charge in [0.15, 0.2) is 0 Å². The highest BCUT2D eigenvalue weighted by atomic mass is 35.5. The van der Waals surface area contributed by atoms with E-state index in [4.69, 9.17) is 11.5 Å². The number of phenolic OH excluding ortho intramolecular Hbond substituents is 1. The lowest BCUT2D eigenvalue weighted by atomic mass is 9.96. The van der Waals surface area contributed by atoms with E-state index in [1.54, 1.807) is 6.20 Å². The molecule has 0 fully saturated rings. The molecule has 0 aliphatic rings. The van der Waals surface area contributed by atoms with Gasteiger partial charge in [-0.3, -0.25) is 0 Å². The van der Waals surface area contributed by atoms with Gasteiger partial charge in [0.1, 0.15) is 11.6 Å². The van der Waals surface area contributed by atoms with Gasteiger partial charge in [0, 0.05) is 18.2 Å². The summed E-state index contributed by atoms with van der Waals surface area (Å²) < 4.78 is 0. The number of halogens is 1. The van der Waals surface area contributed by atoms with Crippen LogP contribution in [-0.4, -0.2) is 15.1 Å². The third kappa shape index (κ3) is 4.01. The molecular weight excluding hydrogens is 300 g/mol. The summed E-state index contributed by atoms with van der Waals surface area (Å²) in [6, 6.07) is 4.05. The first-order chi connectivity index (χ1) is 10.0. The molecule has 0 aliphatic heterocycles. The van der Waals surface area contributed by atoms with Crippen LogP contribution in [0.3, 0.4) is 0 Å². The molecule has 0 unspecified atom stereocenters. The van der Waals surface area contributed by atoms with E-state index < -0.39 is 0 Å². The van der Waals surface area contributed by atoms with E-state index in [-0.39, 0.29) is 18.4 Å². The van der Waals surface area contributed by atoms with Crippen LogP contribution in [0.2, 0.25) is 0 Å². The van der Waals surface area contributed by atoms with Gasteiger partial charge in [-0.05, 0) is 29.5 Å². The molecule has 1 heterocycles. The van der Waals surface area contributed by atoms with Crippen LogP contribution in [0.1, 0.15) is 42.5 Å². The summed E-state index contributed by atoms with van der Waals surface area (Å²) in [5, 5.41) is 10.2. The molecular formula is C16H23ClN4O. The summed E-state index contributed by atoms with van der Waals surface area (Å²) in [5.41, 5.74) is 15.3. The van der Waals surface area contributed by atoms with Crippen molar-refractivity contribution >= 4 is 24.2 Å². The quantitative estimate of drug-likeness (QED) is 0.786. The van der Waals surface area contributed by atoms with Gasteiger partial charge in [-0.25, -0.2) is 4.98 Å². The van der Waals surface area contributed by atoms with Crippen molar-refractivity contribution < 1.29 is 5.11 Å². The maximum absolute atomic E-state index is 10.2. The zero-order valence-corrected chi connectivity index (χ0v) is 13.8. The lowest BCUT2D eigenvalue weighted by Crippen LogP contribution is -2.04. The Balaban J connectivity index is 0.00000242. The first-order valence-electron chi connectivity index (χ1n) is 7.25. The van der Waals surface area contributed by atoms with Crippen LogP contribution in [0.15, 0.2) is 18.3 Å². The lowest BCUT2D eigenvalue weighted by Gasteiger charge is -2.12. The fourth-order valence-electron chi connectivity index (χ4n) is 2.45. The number of nitrogens with two attached hydrogens (primary N) is 2. The number of nitrogen functional groups attached to an aromatic ring is 2. The largest absolute Gasteiger partial charge is 0.507 e. The molecule has 0 radical (unpaired) electrons. The molecule has 1 aromatic carbocycles. The number of benzene rings is 1. The maximum atomic E-state index is 10.2. The molecule has 6 heteroatoms. The Hall–Kier alpha value is -2.01. The van der Waals surface area contributed by atoms with Gasteiger partial charge < -0.3 is 16.6 Å². The van der Waals surface area contributed by atoms with Gasteiger partial charge in [-0.15, -0.1) is 12.4 Å². The van der Waals surface area contributed by atoms with Gasteiger partial charge in [0.05, 0.1) is 0 Å². The lowest BCUT2D eigenvalue weighted by molar-refractivity contribution is 0.461.